The average molecular weight is 1340 g/mol. The van der Waals surface area contributed by atoms with Gasteiger partial charge in [0.1, 0.15) is 24.0 Å². The molecule has 0 aliphatic carbocycles. The summed E-state index contributed by atoms with van der Waals surface area (Å²) >= 11 is 0. The minimum atomic E-state index is -0.979. The number of nitrogens with two attached hydrogens (primary N) is 1. The number of methoxy groups -OCH3 is 2. The molecule has 0 saturated carbocycles. The molecule has 0 spiro atoms. The van der Waals surface area contributed by atoms with E-state index in [0.29, 0.717) is 82.1 Å². The van der Waals surface area contributed by atoms with Crippen LogP contribution >= 0.6 is 0 Å². The fraction of sp³-hybridized carbons (Fsp3) is 0.632. The average Bonchev–Trinajstić information content (AvgIpc) is 1.43. The Morgan fingerprint density at radius 3 is 1.89 bits per heavy atom. The number of hydrogen-bond acceptors (Lipinski definition) is 15. The Kier molecular flexibility index (Phi) is 35.0. The lowest BCUT2D eigenvalue weighted by Gasteiger charge is -2.41. The molecular formula is C76H114N6O14. The van der Waals surface area contributed by atoms with Crippen LogP contribution in [0.15, 0.2) is 84.9 Å². The van der Waals surface area contributed by atoms with Crippen molar-refractivity contribution in [3.05, 3.63) is 102 Å². The Bertz CT molecular complexity index is 2960. The quantitative estimate of drug-likeness (QED) is 0.0383. The third-order valence-electron chi connectivity index (χ3n) is 19.4. The first-order chi connectivity index (χ1) is 45.6. The maximum absolute atomic E-state index is 14.9. The van der Waals surface area contributed by atoms with Gasteiger partial charge in [-0.05, 0) is 97.6 Å². The van der Waals surface area contributed by atoms with Crippen LogP contribution in [0.2, 0.25) is 0 Å². The predicted octanol–water partition coefficient (Wildman–Crippen LogP) is 10.9. The van der Waals surface area contributed by atoms with E-state index in [4.69, 9.17) is 19.9 Å². The molecule has 13 atom stereocenters. The number of benzene rings is 3. The van der Waals surface area contributed by atoms with E-state index in [1.165, 1.54) is 19.1 Å². The van der Waals surface area contributed by atoms with Crippen LogP contribution in [-0.4, -0.2) is 156 Å². The summed E-state index contributed by atoms with van der Waals surface area (Å²) in [6, 6.07) is 22.3. The monoisotopic (exact) mass is 1330 g/mol. The fourth-order valence-electron chi connectivity index (χ4n) is 13.3. The second-order valence-electron chi connectivity index (χ2n) is 27.4. The largest absolute Gasteiger partial charge is 0.445 e. The molecule has 5 amide bonds. The molecule has 0 aromatic heterocycles. The van der Waals surface area contributed by atoms with Crippen molar-refractivity contribution in [3.63, 3.8) is 0 Å². The van der Waals surface area contributed by atoms with Gasteiger partial charge in [-0.25, -0.2) is 4.79 Å². The minimum Gasteiger partial charge on any atom is -0.445 e. The lowest BCUT2D eigenvalue weighted by atomic mass is 9.83. The number of aliphatic hydroxyl groups is 1. The van der Waals surface area contributed by atoms with Gasteiger partial charge >= 0.3 is 6.09 Å². The van der Waals surface area contributed by atoms with Crippen LogP contribution in [0, 0.1) is 47.3 Å². The van der Waals surface area contributed by atoms with E-state index in [2.05, 4.69) is 10.6 Å². The number of likely N-dealkylation sites (tertiary alicyclic amines) is 1. The van der Waals surface area contributed by atoms with Gasteiger partial charge in [0.2, 0.25) is 23.6 Å². The molecule has 1 aliphatic heterocycles. The van der Waals surface area contributed by atoms with Crippen LogP contribution in [0.5, 0.6) is 0 Å². The van der Waals surface area contributed by atoms with Crippen LogP contribution in [-0.2, 0) is 70.4 Å². The van der Waals surface area contributed by atoms with Crippen molar-refractivity contribution >= 4 is 64.3 Å². The van der Waals surface area contributed by atoms with Crippen LogP contribution in [0.25, 0.3) is 0 Å². The summed E-state index contributed by atoms with van der Waals surface area (Å²) in [5.74, 6) is -6.14. The molecule has 0 radical (unpaired) electrons. The third-order valence-corrected chi connectivity index (χ3v) is 19.4. The highest BCUT2D eigenvalue weighted by molar-refractivity contribution is 5.98. The number of ether oxygens (including phenoxy) is 3. The summed E-state index contributed by atoms with van der Waals surface area (Å²) in [6.07, 6.45) is 1.84. The van der Waals surface area contributed by atoms with Gasteiger partial charge in [0.05, 0.1) is 48.9 Å². The molecule has 4 rings (SSSR count). The number of Topliss-reactive ketones (excluding diaryl/α,β-unsaturated/α-hetero) is 5. The van der Waals surface area contributed by atoms with Gasteiger partial charge in [0.25, 0.3) is 0 Å². The van der Waals surface area contributed by atoms with E-state index in [-0.39, 0.29) is 122 Å². The van der Waals surface area contributed by atoms with E-state index in [1.54, 1.807) is 62.1 Å². The number of carbonyl (C=O) groups is 10. The predicted molar refractivity (Wildman–Crippen MR) is 372 cm³/mol. The molecule has 1 heterocycles. The molecule has 5 N–H and O–H groups in total. The number of amides is 5. The zero-order valence-corrected chi connectivity index (χ0v) is 59.9. The molecule has 0 unspecified atom stereocenters. The van der Waals surface area contributed by atoms with Gasteiger partial charge in [-0.3, -0.25) is 43.2 Å². The smallest absolute Gasteiger partial charge is 0.410 e. The van der Waals surface area contributed by atoms with Crippen molar-refractivity contribution in [2.24, 2.45) is 53.1 Å². The molecule has 1 fully saturated rings. The van der Waals surface area contributed by atoms with Crippen LogP contribution < -0.4 is 16.4 Å². The number of nitrogens with one attached hydrogen (secondary N) is 2. The summed E-state index contributed by atoms with van der Waals surface area (Å²) in [5.41, 5.74) is 8.38. The number of anilines is 1. The summed E-state index contributed by atoms with van der Waals surface area (Å²) in [5, 5.41) is 16.9. The highest BCUT2D eigenvalue weighted by atomic mass is 16.6. The maximum Gasteiger partial charge on any atom is 0.410 e. The second-order valence-corrected chi connectivity index (χ2v) is 27.4. The van der Waals surface area contributed by atoms with Crippen molar-refractivity contribution in [3.8, 4) is 0 Å². The first-order valence-corrected chi connectivity index (χ1v) is 34.9. The summed E-state index contributed by atoms with van der Waals surface area (Å²) in [4.78, 5) is 143. The van der Waals surface area contributed by atoms with E-state index in [1.807, 2.05) is 116 Å². The van der Waals surface area contributed by atoms with Gasteiger partial charge < -0.3 is 50.4 Å². The lowest BCUT2D eigenvalue weighted by Crippen LogP contribution is -2.54. The minimum absolute atomic E-state index is 0.0360. The Balaban J connectivity index is 1.40. The van der Waals surface area contributed by atoms with E-state index in [0.717, 1.165) is 11.1 Å². The number of rotatable bonds is 44. The van der Waals surface area contributed by atoms with Crippen molar-refractivity contribution in [2.45, 2.75) is 221 Å². The van der Waals surface area contributed by atoms with Gasteiger partial charge in [0, 0.05) is 109 Å². The van der Waals surface area contributed by atoms with Crippen molar-refractivity contribution in [1.82, 2.24) is 20.0 Å². The topological polar surface area (TPSA) is 278 Å². The standard InChI is InChI=1S/C76H114N6O14/c1-15-50(7)70(67(94-13)46-68(88)82-40-26-34-63(82)72(95-14)53(10)64(85)42-51(8)71(89)56-29-21-18-22-30-56)80(11)75(92)61(48(3)4)45-66(87)69(49(5)6)81(12)76(93)96-47-55-35-37-58(38-36-55)78-74(91)57(31-23-24-39-77)44-65(86)62(43-54-27-19-17-20-28-54)79-73(90)52(9)41-60(84)33-25-32-59(83)16-2/h17-22,27-30,35-38,48-53,57,61-63,67,69-72,89H,15-16,23-26,31-34,39-47,77H2,1-14H3,(H,78,91)(H,79,90)/t50-,51-,52+,53-,57-,61-,62+,63-,67+,69-,70-,71+,72+/m1/s1. The molecule has 1 saturated heterocycles. The molecule has 3 aromatic carbocycles. The first kappa shape index (κ1) is 81.4. The molecule has 96 heavy (non-hydrogen) atoms. The maximum atomic E-state index is 14.9. The summed E-state index contributed by atoms with van der Waals surface area (Å²) in [6.45, 7) is 19.2. The molecular weight excluding hydrogens is 1220 g/mol. The number of carbonyl (C=O) groups excluding carboxylic acids is 10. The van der Waals surface area contributed by atoms with Crippen molar-refractivity contribution in [2.75, 3.05) is 46.7 Å². The van der Waals surface area contributed by atoms with Gasteiger partial charge in [-0.15, -0.1) is 0 Å². The molecule has 0 bridgehead atoms. The Morgan fingerprint density at radius 1 is 0.667 bits per heavy atom. The Labute approximate surface area is 571 Å². The lowest BCUT2D eigenvalue weighted by molar-refractivity contribution is -0.149. The number of likely N-dealkylation sites (N-methyl/N-ethyl adjacent to an activating group) is 2. The molecule has 1 aliphatic rings. The zero-order valence-electron chi connectivity index (χ0n) is 59.9. The molecule has 3 aromatic rings. The van der Waals surface area contributed by atoms with Gasteiger partial charge in [0.15, 0.2) is 11.6 Å². The van der Waals surface area contributed by atoms with Crippen LogP contribution in [0.3, 0.4) is 0 Å². The number of aliphatic hydroxyl groups excluding tert-OH is 1. The number of nitrogens with zero attached hydrogens (tertiary/aromatic N) is 3. The molecule has 532 valence electrons. The van der Waals surface area contributed by atoms with Gasteiger partial charge in [-0.2, -0.15) is 0 Å². The zero-order chi connectivity index (χ0) is 71.3. The van der Waals surface area contributed by atoms with Crippen LogP contribution in [0.4, 0.5) is 10.5 Å². The van der Waals surface area contributed by atoms with E-state index in [9.17, 15) is 53.1 Å². The van der Waals surface area contributed by atoms with E-state index < -0.39 is 78.0 Å². The molecule has 20 nitrogen and oxygen atoms in total. The normalized spacial score (nSPS) is 16.9. The highest BCUT2D eigenvalue weighted by Gasteiger charge is 2.44. The Morgan fingerprint density at radius 2 is 1.30 bits per heavy atom. The number of hydrogen-bond donors (Lipinski definition) is 4. The highest BCUT2D eigenvalue weighted by Crippen LogP contribution is 2.34. The third kappa shape index (κ3) is 24.8. The van der Waals surface area contributed by atoms with Crippen LogP contribution in [0.1, 0.15) is 188 Å². The first-order valence-electron chi connectivity index (χ1n) is 34.9. The Hall–Kier alpha value is -7.00. The summed E-state index contributed by atoms with van der Waals surface area (Å²) in [7, 11) is 6.28. The summed E-state index contributed by atoms with van der Waals surface area (Å²) < 4.78 is 17.9. The van der Waals surface area contributed by atoms with E-state index >= 15 is 0 Å². The SMILES string of the molecule is CCC(=O)CCCC(=O)C[C@H](C)C(=O)N[C@@H](Cc1ccccc1)C(=O)C[C@@H](CCCCN)C(=O)Nc1ccc(COC(=O)N(C)[C@@H](C(=O)C[C@@H](C(=O)N(C)[C@H]([C@H](C)CC)[C@H](CC(=O)N2CCC[C@@H]2[C@@H](OC)[C@H](C)C(=O)C[C@@H](C)[C@H](O)c2ccccc2)OC)C(C)C)C(C)C)cc1. The molecule has 20 heteroatoms. The van der Waals surface area contributed by atoms with Crippen molar-refractivity contribution < 1.29 is 67.3 Å². The number of ketones is 5. The second kappa shape index (κ2) is 41.3. The number of unbranched alkanes of at least 4 members (excludes halogenated alkanes) is 1. The fourth-order valence-corrected chi connectivity index (χ4v) is 13.3. The van der Waals surface area contributed by atoms with Crippen molar-refractivity contribution in [1.29, 1.82) is 0 Å². The van der Waals surface area contributed by atoms with Gasteiger partial charge in [-0.1, -0.05) is 155 Å².